The molecule has 1 aliphatic rings. The highest BCUT2D eigenvalue weighted by atomic mass is 16.4. The van der Waals surface area contributed by atoms with Gasteiger partial charge in [0.1, 0.15) is 11.1 Å². The first-order chi connectivity index (χ1) is 10.8. The van der Waals surface area contributed by atoms with Gasteiger partial charge in [0, 0.05) is 19.0 Å². The summed E-state index contributed by atoms with van der Waals surface area (Å²) in [7, 11) is 0. The molecule has 1 saturated heterocycles. The number of carboxylic acids is 2. The Labute approximate surface area is 135 Å². The lowest BCUT2D eigenvalue weighted by molar-refractivity contribution is -0.154. The van der Waals surface area contributed by atoms with Gasteiger partial charge in [0.2, 0.25) is 0 Å². The molecule has 6 nitrogen and oxygen atoms in total. The number of benzene rings is 1. The minimum Gasteiger partial charge on any atom is -0.480 e. The third-order valence-electron chi connectivity index (χ3n) is 5.15. The zero-order valence-electron chi connectivity index (χ0n) is 13.5. The maximum absolute atomic E-state index is 12.1. The van der Waals surface area contributed by atoms with Crippen LogP contribution in [0.5, 0.6) is 0 Å². The van der Waals surface area contributed by atoms with Gasteiger partial charge in [-0.3, -0.25) is 14.5 Å². The fraction of sp³-hybridized carbons (Fsp3) is 0.529. The summed E-state index contributed by atoms with van der Waals surface area (Å²) in [5, 5.41) is 19.6. The molecule has 1 fully saturated rings. The molecule has 1 aliphatic heterocycles. The van der Waals surface area contributed by atoms with Crippen molar-refractivity contribution in [2.75, 3.05) is 6.54 Å². The lowest BCUT2D eigenvalue weighted by Crippen LogP contribution is -2.59. The molecule has 1 aromatic rings. The molecule has 2 rings (SSSR count). The van der Waals surface area contributed by atoms with Crippen LogP contribution >= 0.6 is 0 Å². The summed E-state index contributed by atoms with van der Waals surface area (Å²) in [5.74, 6) is -2.80. The number of aliphatic carboxylic acids is 2. The summed E-state index contributed by atoms with van der Waals surface area (Å²) >= 11 is 0. The van der Waals surface area contributed by atoms with Gasteiger partial charge in [0.25, 0.3) is 0 Å². The van der Waals surface area contributed by atoms with E-state index in [1.165, 1.54) is 0 Å². The summed E-state index contributed by atoms with van der Waals surface area (Å²) in [4.78, 5) is 25.6. The molecule has 6 heteroatoms. The Hall–Kier alpha value is -1.92. The van der Waals surface area contributed by atoms with Gasteiger partial charge < -0.3 is 15.9 Å². The molecule has 1 unspecified atom stereocenters. The normalized spacial score (nSPS) is 31.2. The van der Waals surface area contributed by atoms with Crippen LogP contribution in [-0.2, 0) is 16.1 Å². The van der Waals surface area contributed by atoms with Crippen LogP contribution in [0.4, 0.5) is 0 Å². The molecule has 0 aromatic heterocycles. The van der Waals surface area contributed by atoms with E-state index in [2.05, 4.69) is 0 Å². The SMILES string of the molecule is CCC1[C@](N)(C(=O)O)CN(Cc2ccccc2)[C@@]1(CC)C(=O)O. The summed E-state index contributed by atoms with van der Waals surface area (Å²) in [6.07, 6.45) is 0.703. The average molecular weight is 320 g/mol. The summed E-state index contributed by atoms with van der Waals surface area (Å²) < 4.78 is 0. The minimum absolute atomic E-state index is 0.0237. The van der Waals surface area contributed by atoms with E-state index in [9.17, 15) is 19.8 Å². The van der Waals surface area contributed by atoms with Crippen LogP contribution in [0, 0.1) is 5.92 Å². The summed E-state index contributed by atoms with van der Waals surface area (Å²) in [5.41, 5.74) is 4.30. The number of likely N-dealkylation sites (tertiary alicyclic amines) is 1. The fourth-order valence-corrected chi connectivity index (χ4v) is 4.04. The van der Waals surface area contributed by atoms with Crippen LogP contribution in [-0.4, -0.2) is 44.7 Å². The van der Waals surface area contributed by atoms with Crippen molar-refractivity contribution in [3.05, 3.63) is 35.9 Å². The molecule has 0 amide bonds. The van der Waals surface area contributed by atoms with Crippen LogP contribution in [0.25, 0.3) is 0 Å². The molecule has 3 atom stereocenters. The number of nitrogens with two attached hydrogens (primary N) is 1. The molecule has 1 heterocycles. The smallest absolute Gasteiger partial charge is 0.325 e. The highest BCUT2D eigenvalue weighted by molar-refractivity contribution is 5.87. The van der Waals surface area contributed by atoms with Crippen molar-refractivity contribution in [1.29, 1.82) is 0 Å². The van der Waals surface area contributed by atoms with Gasteiger partial charge in [0.15, 0.2) is 0 Å². The monoisotopic (exact) mass is 320 g/mol. The van der Waals surface area contributed by atoms with Gasteiger partial charge in [0.05, 0.1) is 0 Å². The molecular weight excluding hydrogens is 296 g/mol. The van der Waals surface area contributed by atoms with Crippen molar-refractivity contribution in [3.8, 4) is 0 Å². The summed E-state index contributed by atoms with van der Waals surface area (Å²) in [6, 6.07) is 9.45. The molecule has 23 heavy (non-hydrogen) atoms. The quantitative estimate of drug-likeness (QED) is 0.734. The van der Waals surface area contributed by atoms with Crippen LogP contribution in [0.15, 0.2) is 30.3 Å². The van der Waals surface area contributed by atoms with Gasteiger partial charge in [-0.05, 0) is 18.4 Å². The second-order valence-electron chi connectivity index (χ2n) is 6.23. The lowest BCUT2D eigenvalue weighted by Gasteiger charge is -2.38. The molecule has 126 valence electrons. The van der Waals surface area contributed by atoms with Crippen LogP contribution in [0.2, 0.25) is 0 Å². The van der Waals surface area contributed by atoms with Gasteiger partial charge in [-0.2, -0.15) is 0 Å². The van der Waals surface area contributed by atoms with Gasteiger partial charge >= 0.3 is 11.9 Å². The van der Waals surface area contributed by atoms with E-state index in [-0.39, 0.29) is 6.54 Å². The number of nitrogens with zero attached hydrogens (tertiary/aromatic N) is 1. The number of carboxylic acid groups (broad SMARTS) is 2. The zero-order chi connectivity index (χ0) is 17.3. The van der Waals surface area contributed by atoms with Gasteiger partial charge in [-0.15, -0.1) is 0 Å². The molecule has 0 aliphatic carbocycles. The van der Waals surface area contributed by atoms with E-state index in [0.717, 1.165) is 5.56 Å². The first kappa shape index (κ1) is 17.4. The van der Waals surface area contributed by atoms with Crippen molar-refractivity contribution in [2.45, 2.75) is 44.3 Å². The Morgan fingerprint density at radius 1 is 1.22 bits per heavy atom. The Morgan fingerprint density at radius 3 is 2.26 bits per heavy atom. The highest BCUT2D eigenvalue weighted by Crippen LogP contribution is 2.45. The number of hydrogen-bond donors (Lipinski definition) is 3. The first-order valence-electron chi connectivity index (χ1n) is 7.87. The van der Waals surface area contributed by atoms with Crippen LogP contribution < -0.4 is 5.73 Å². The van der Waals surface area contributed by atoms with E-state index in [0.29, 0.717) is 19.4 Å². The second kappa shape index (κ2) is 6.29. The van der Waals surface area contributed by atoms with Crippen molar-refractivity contribution < 1.29 is 19.8 Å². The van der Waals surface area contributed by atoms with Crippen LogP contribution in [0.1, 0.15) is 32.3 Å². The minimum atomic E-state index is -1.56. The molecule has 4 N–H and O–H groups in total. The topological polar surface area (TPSA) is 104 Å². The fourth-order valence-electron chi connectivity index (χ4n) is 4.04. The average Bonchev–Trinajstić information content (AvgIpc) is 2.77. The number of rotatable bonds is 6. The Morgan fingerprint density at radius 2 is 1.83 bits per heavy atom. The van der Waals surface area contributed by atoms with E-state index < -0.39 is 28.9 Å². The molecule has 0 spiro atoms. The Balaban J connectivity index is 2.50. The van der Waals surface area contributed by atoms with E-state index in [1.54, 1.807) is 18.7 Å². The maximum atomic E-state index is 12.1. The zero-order valence-corrected chi connectivity index (χ0v) is 13.5. The van der Waals surface area contributed by atoms with Crippen molar-refractivity contribution in [1.82, 2.24) is 4.90 Å². The van der Waals surface area contributed by atoms with Crippen molar-refractivity contribution in [2.24, 2.45) is 11.7 Å². The van der Waals surface area contributed by atoms with Gasteiger partial charge in [-0.1, -0.05) is 44.2 Å². The highest BCUT2D eigenvalue weighted by Gasteiger charge is 2.65. The number of hydrogen-bond acceptors (Lipinski definition) is 4. The van der Waals surface area contributed by atoms with Crippen molar-refractivity contribution in [3.63, 3.8) is 0 Å². The van der Waals surface area contributed by atoms with Crippen LogP contribution in [0.3, 0.4) is 0 Å². The third-order valence-corrected chi connectivity index (χ3v) is 5.15. The first-order valence-corrected chi connectivity index (χ1v) is 7.87. The maximum Gasteiger partial charge on any atom is 0.325 e. The van der Waals surface area contributed by atoms with E-state index >= 15 is 0 Å². The molecule has 0 radical (unpaired) electrons. The lowest BCUT2D eigenvalue weighted by atomic mass is 9.72. The third kappa shape index (κ3) is 2.62. The number of carbonyl (C=O) groups is 2. The van der Waals surface area contributed by atoms with E-state index in [4.69, 9.17) is 5.73 Å². The largest absolute Gasteiger partial charge is 0.480 e. The summed E-state index contributed by atoms with van der Waals surface area (Å²) in [6.45, 7) is 3.97. The Bertz CT molecular complexity index is 592. The Kier molecular flexibility index (Phi) is 4.77. The second-order valence-corrected chi connectivity index (χ2v) is 6.23. The molecule has 0 bridgehead atoms. The van der Waals surface area contributed by atoms with Gasteiger partial charge in [-0.25, -0.2) is 0 Å². The van der Waals surface area contributed by atoms with E-state index in [1.807, 2.05) is 30.3 Å². The molecular formula is C17H24N2O4. The van der Waals surface area contributed by atoms with Crippen molar-refractivity contribution >= 4 is 11.9 Å². The molecule has 0 saturated carbocycles. The predicted molar refractivity (Wildman–Crippen MR) is 85.8 cm³/mol. The molecule has 1 aromatic carbocycles. The predicted octanol–water partition coefficient (Wildman–Crippen LogP) is 1.54. The standard InChI is InChI=1S/C17H24N2O4/c1-3-13-16(18,14(20)21)11-19(17(13,4-2)15(22)23)10-12-8-6-5-7-9-12/h5-9,13H,3-4,10-11,18H2,1-2H3,(H,20,21)(H,22,23)/t13?,16-,17+/m0/s1.